The Bertz CT molecular complexity index is 83.3. The second kappa shape index (κ2) is 6.72. The Hall–Kier alpha value is -0.400. The minimum absolute atomic E-state index is 0.0249. The first-order valence-electron chi connectivity index (χ1n) is 4.13. The van der Waals surface area contributed by atoms with E-state index in [0.717, 1.165) is 12.8 Å². The van der Waals surface area contributed by atoms with Crippen LogP contribution in [0.1, 0.15) is 46.0 Å². The van der Waals surface area contributed by atoms with Crippen molar-refractivity contribution in [2.45, 2.75) is 52.0 Å². The lowest BCUT2D eigenvalue weighted by Crippen LogP contribution is -1.95. The molecule has 1 unspecified atom stereocenters. The molecule has 0 radical (unpaired) electrons. The molecule has 2 heteroatoms. The van der Waals surface area contributed by atoms with Crippen LogP contribution in [0.2, 0.25) is 0 Å². The molecular formula is C8H17NO. The molecule has 0 aromatic rings. The highest BCUT2D eigenvalue weighted by Gasteiger charge is 1.98. The topological polar surface area (TPSA) is 29.4 Å². The molecule has 0 N–H and O–H groups in total. The maximum Gasteiger partial charge on any atom is 0.0891 e. The average Bonchev–Trinajstić information content (AvgIpc) is 1.98. The van der Waals surface area contributed by atoms with E-state index in [1.165, 1.54) is 19.3 Å². The maximum atomic E-state index is 9.92. The highest BCUT2D eigenvalue weighted by atomic mass is 16.3. The molecule has 0 rings (SSSR count). The lowest BCUT2D eigenvalue weighted by atomic mass is 10.1. The fraction of sp³-hybridized carbons (Fsp3) is 1.00. The molecule has 0 bridgehead atoms. The van der Waals surface area contributed by atoms with Crippen LogP contribution in [-0.4, -0.2) is 6.04 Å². The van der Waals surface area contributed by atoms with Crippen molar-refractivity contribution in [3.63, 3.8) is 0 Å². The first-order valence-corrected chi connectivity index (χ1v) is 4.13. The summed E-state index contributed by atoms with van der Waals surface area (Å²) in [6.07, 6.45) is 5.90. The number of hydrogen-bond acceptors (Lipinski definition) is 2. The predicted octanol–water partition coefficient (Wildman–Crippen LogP) is 3.11. The molecule has 0 amide bonds. The van der Waals surface area contributed by atoms with Gasteiger partial charge in [-0.1, -0.05) is 37.8 Å². The summed E-state index contributed by atoms with van der Waals surface area (Å²) < 4.78 is 0. The lowest BCUT2D eigenvalue weighted by Gasteiger charge is -2.00. The average molecular weight is 143 g/mol. The number of rotatable bonds is 6. The molecule has 60 valence electrons. The Morgan fingerprint density at radius 2 is 2.00 bits per heavy atom. The molecule has 10 heavy (non-hydrogen) atoms. The molecule has 0 aliphatic rings. The number of nitrogens with zero attached hydrogens (tertiary/aromatic N) is 1. The van der Waals surface area contributed by atoms with Gasteiger partial charge in [0.25, 0.3) is 0 Å². The molecule has 0 aliphatic heterocycles. The maximum absolute atomic E-state index is 9.92. The second-order valence-corrected chi connectivity index (χ2v) is 2.80. The van der Waals surface area contributed by atoms with E-state index in [9.17, 15) is 4.91 Å². The zero-order valence-corrected chi connectivity index (χ0v) is 6.97. The summed E-state index contributed by atoms with van der Waals surface area (Å²) in [4.78, 5) is 9.92. The van der Waals surface area contributed by atoms with Gasteiger partial charge in [0, 0.05) is 0 Å². The van der Waals surface area contributed by atoms with Crippen molar-refractivity contribution in [2.24, 2.45) is 5.18 Å². The van der Waals surface area contributed by atoms with E-state index in [4.69, 9.17) is 0 Å². The van der Waals surface area contributed by atoms with Crippen LogP contribution < -0.4 is 0 Å². The van der Waals surface area contributed by atoms with Crippen LogP contribution in [0.25, 0.3) is 0 Å². The molecule has 0 fully saturated rings. The van der Waals surface area contributed by atoms with E-state index >= 15 is 0 Å². The van der Waals surface area contributed by atoms with Crippen LogP contribution in [0, 0.1) is 4.91 Å². The highest BCUT2D eigenvalue weighted by Crippen LogP contribution is 2.06. The summed E-state index contributed by atoms with van der Waals surface area (Å²) in [6, 6.07) is 0.0249. The first-order chi connectivity index (χ1) is 4.81. The quantitative estimate of drug-likeness (QED) is 0.415. The monoisotopic (exact) mass is 143 g/mol. The largest absolute Gasteiger partial charge is 0.151 e. The Labute approximate surface area is 63.0 Å². The fourth-order valence-corrected chi connectivity index (χ4v) is 0.919. The van der Waals surface area contributed by atoms with Gasteiger partial charge in [-0.25, -0.2) is 0 Å². The summed E-state index contributed by atoms with van der Waals surface area (Å²) in [6.45, 7) is 4.06. The van der Waals surface area contributed by atoms with E-state index in [0.29, 0.717) is 0 Å². The van der Waals surface area contributed by atoms with Gasteiger partial charge < -0.3 is 0 Å². The van der Waals surface area contributed by atoms with Crippen molar-refractivity contribution < 1.29 is 0 Å². The summed E-state index contributed by atoms with van der Waals surface area (Å²) in [5.74, 6) is 0. The van der Waals surface area contributed by atoms with E-state index in [1.807, 2.05) is 6.92 Å². The summed E-state index contributed by atoms with van der Waals surface area (Å²) in [5.41, 5.74) is 0. The Kier molecular flexibility index (Phi) is 6.45. The summed E-state index contributed by atoms with van der Waals surface area (Å²) >= 11 is 0. The summed E-state index contributed by atoms with van der Waals surface area (Å²) in [5, 5.41) is 2.94. The van der Waals surface area contributed by atoms with Crippen molar-refractivity contribution in [1.82, 2.24) is 0 Å². The van der Waals surface area contributed by atoms with Gasteiger partial charge in [0.05, 0.1) is 6.04 Å². The van der Waals surface area contributed by atoms with Gasteiger partial charge >= 0.3 is 0 Å². The smallest absolute Gasteiger partial charge is 0.0891 e. The number of hydrogen-bond donors (Lipinski definition) is 0. The fourth-order valence-electron chi connectivity index (χ4n) is 0.919. The molecule has 0 aliphatic carbocycles. The van der Waals surface area contributed by atoms with Gasteiger partial charge in [-0.3, -0.25) is 0 Å². The van der Waals surface area contributed by atoms with Gasteiger partial charge in [0.15, 0.2) is 0 Å². The van der Waals surface area contributed by atoms with Gasteiger partial charge in [-0.15, -0.1) is 0 Å². The molecule has 0 saturated heterocycles. The molecule has 1 atom stereocenters. The van der Waals surface area contributed by atoms with Crippen LogP contribution in [0.15, 0.2) is 5.18 Å². The van der Waals surface area contributed by atoms with E-state index in [-0.39, 0.29) is 6.04 Å². The lowest BCUT2D eigenvalue weighted by molar-refractivity contribution is 0.574. The van der Waals surface area contributed by atoms with Crippen LogP contribution in [0.5, 0.6) is 0 Å². The zero-order chi connectivity index (χ0) is 7.82. The van der Waals surface area contributed by atoms with Crippen LogP contribution >= 0.6 is 0 Å². The molecule has 0 spiro atoms. The normalized spacial score (nSPS) is 13.0. The van der Waals surface area contributed by atoms with Gasteiger partial charge in [-0.05, 0) is 13.3 Å². The van der Waals surface area contributed by atoms with Crippen molar-refractivity contribution >= 4 is 0 Å². The minimum atomic E-state index is 0.0249. The van der Waals surface area contributed by atoms with Gasteiger partial charge in [0.1, 0.15) is 0 Å². The first kappa shape index (κ1) is 9.60. The van der Waals surface area contributed by atoms with E-state index in [2.05, 4.69) is 12.1 Å². The standard InChI is InChI=1S/C8H17NO/c1-3-4-5-6-7-8(2)9-10/h8H,3-7H2,1-2H3. The van der Waals surface area contributed by atoms with Gasteiger partial charge in [0.2, 0.25) is 0 Å². The van der Waals surface area contributed by atoms with Crippen molar-refractivity contribution in [2.75, 3.05) is 0 Å². The van der Waals surface area contributed by atoms with Crippen LogP contribution in [0.3, 0.4) is 0 Å². The van der Waals surface area contributed by atoms with Gasteiger partial charge in [-0.2, -0.15) is 4.91 Å². The molecule has 0 heterocycles. The highest BCUT2D eigenvalue weighted by molar-refractivity contribution is 4.57. The minimum Gasteiger partial charge on any atom is -0.151 e. The molecule has 0 aromatic carbocycles. The Balaban J connectivity index is 2.95. The molecular weight excluding hydrogens is 126 g/mol. The Morgan fingerprint density at radius 1 is 1.30 bits per heavy atom. The SMILES string of the molecule is CCCCCCC(C)N=O. The number of unbranched alkanes of at least 4 members (excludes halogenated alkanes) is 3. The second-order valence-electron chi connectivity index (χ2n) is 2.80. The third-order valence-electron chi connectivity index (χ3n) is 1.66. The third kappa shape index (κ3) is 5.73. The molecule has 2 nitrogen and oxygen atoms in total. The zero-order valence-electron chi connectivity index (χ0n) is 6.97. The van der Waals surface area contributed by atoms with Crippen molar-refractivity contribution in [3.8, 4) is 0 Å². The van der Waals surface area contributed by atoms with Crippen LogP contribution in [-0.2, 0) is 0 Å². The van der Waals surface area contributed by atoms with Crippen molar-refractivity contribution in [1.29, 1.82) is 0 Å². The van der Waals surface area contributed by atoms with Crippen molar-refractivity contribution in [3.05, 3.63) is 4.91 Å². The summed E-state index contributed by atoms with van der Waals surface area (Å²) in [7, 11) is 0. The van der Waals surface area contributed by atoms with E-state index < -0.39 is 0 Å². The molecule has 0 saturated carbocycles. The van der Waals surface area contributed by atoms with Crippen LogP contribution in [0.4, 0.5) is 0 Å². The number of nitroso groups, excluding NO2 is 1. The predicted molar refractivity (Wildman–Crippen MR) is 44.0 cm³/mol. The third-order valence-corrected chi connectivity index (χ3v) is 1.66. The Morgan fingerprint density at radius 3 is 2.50 bits per heavy atom. The molecule has 0 aromatic heterocycles. The van der Waals surface area contributed by atoms with E-state index in [1.54, 1.807) is 0 Å².